The molecule has 0 saturated carbocycles. The van der Waals surface area contributed by atoms with Gasteiger partial charge in [-0.3, -0.25) is 0 Å². The van der Waals surface area contributed by atoms with Crippen LogP contribution in [0.25, 0.3) is 0 Å². The summed E-state index contributed by atoms with van der Waals surface area (Å²) in [5.74, 6) is 0. The van der Waals surface area contributed by atoms with Gasteiger partial charge in [-0.05, 0) is 0 Å². The van der Waals surface area contributed by atoms with E-state index in [-0.39, 0.29) is 13.5 Å². The van der Waals surface area contributed by atoms with Crippen molar-refractivity contribution in [3.05, 3.63) is 0 Å². The molecule has 0 aliphatic carbocycles. The van der Waals surface area contributed by atoms with Gasteiger partial charge in [-0.2, -0.15) is 34.5 Å². The Hall–Kier alpha value is -1.69. The fraction of sp³-hybridized carbons (Fsp3) is 0. The van der Waals surface area contributed by atoms with E-state index in [4.69, 9.17) is 21.0 Å². The predicted molar refractivity (Wildman–Crippen MR) is 32.8 cm³/mol. The van der Waals surface area contributed by atoms with Crippen molar-refractivity contribution in [2.75, 3.05) is 0 Å². The summed E-state index contributed by atoms with van der Waals surface area (Å²) >= 11 is 0. The average Bonchev–Trinajstić information content (AvgIpc) is 1.88. The van der Waals surface area contributed by atoms with Gasteiger partial charge in [-0.25, -0.2) is 0 Å². The fourth-order valence-corrected chi connectivity index (χ4v) is 0. The van der Waals surface area contributed by atoms with Crippen molar-refractivity contribution in [2.24, 2.45) is 0 Å². The van der Waals surface area contributed by atoms with Gasteiger partial charge in [0.25, 0.3) is 0 Å². The Morgan fingerprint density at radius 2 is 0.667 bits per heavy atom. The standard InChI is InChI=1S/2C2N2.H2S/c2*3-1-2-4;/h;;1H2. The Labute approximate surface area is 59.6 Å². The van der Waals surface area contributed by atoms with E-state index >= 15 is 0 Å². The summed E-state index contributed by atoms with van der Waals surface area (Å²) in [6.45, 7) is 0. The van der Waals surface area contributed by atoms with Crippen LogP contribution in [0, 0.1) is 45.3 Å². The molecule has 4 nitrogen and oxygen atoms in total. The Balaban J connectivity index is -0.0000000720. The zero-order valence-corrected chi connectivity index (χ0v) is 5.29. The van der Waals surface area contributed by atoms with Crippen LogP contribution >= 0.6 is 13.5 Å². The van der Waals surface area contributed by atoms with Gasteiger partial charge in [0.1, 0.15) is 0 Å². The maximum atomic E-state index is 7.26. The molecular formula is C4H2N4S. The van der Waals surface area contributed by atoms with Crippen LogP contribution in [0.15, 0.2) is 0 Å². The second-order valence-electron chi connectivity index (χ2n) is 0.447. The minimum absolute atomic E-state index is 0. The second-order valence-corrected chi connectivity index (χ2v) is 0.447. The number of nitriles is 4. The fourth-order valence-electron chi connectivity index (χ4n) is 0. The zero-order chi connectivity index (χ0) is 6.83. The maximum absolute atomic E-state index is 7.26. The number of nitrogens with zero attached hydrogens (tertiary/aromatic N) is 4. The Kier molecular flexibility index (Phi) is 58.0. The highest BCUT2D eigenvalue weighted by Crippen LogP contribution is 1.27. The van der Waals surface area contributed by atoms with Crippen molar-refractivity contribution in [3.8, 4) is 24.3 Å². The van der Waals surface area contributed by atoms with E-state index in [0.29, 0.717) is 0 Å². The van der Waals surface area contributed by atoms with Crippen molar-refractivity contribution >= 4 is 13.5 Å². The van der Waals surface area contributed by atoms with Crippen molar-refractivity contribution < 1.29 is 0 Å². The number of hydrogen-bond donors (Lipinski definition) is 0. The van der Waals surface area contributed by atoms with Gasteiger partial charge in [0.05, 0.1) is 0 Å². The van der Waals surface area contributed by atoms with E-state index in [1.54, 1.807) is 0 Å². The lowest BCUT2D eigenvalue weighted by Gasteiger charge is -1.16. The SMILES string of the molecule is N#CC#N.N#CC#N.S. The molecule has 0 amide bonds. The summed E-state index contributed by atoms with van der Waals surface area (Å²) in [6.07, 6.45) is 0. The van der Waals surface area contributed by atoms with Crippen molar-refractivity contribution in [3.63, 3.8) is 0 Å². The summed E-state index contributed by atoms with van der Waals surface area (Å²) in [5, 5.41) is 29.1. The molecule has 0 aromatic rings. The van der Waals surface area contributed by atoms with Gasteiger partial charge >= 0.3 is 0 Å². The molecule has 0 aromatic carbocycles. The number of hydrogen-bond acceptors (Lipinski definition) is 4. The molecule has 5 heteroatoms. The van der Waals surface area contributed by atoms with Crippen molar-refractivity contribution in [2.45, 2.75) is 0 Å². The molecule has 0 N–H and O–H groups in total. The van der Waals surface area contributed by atoms with Crippen LogP contribution < -0.4 is 0 Å². The van der Waals surface area contributed by atoms with Gasteiger partial charge in [0, 0.05) is 0 Å². The lowest BCUT2D eigenvalue weighted by atomic mass is 10.9. The third-order valence-corrected chi connectivity index (χ3v) is 0.100. The van der Waals surface area contributed by atoms with Gasteiger partial charge in [0.2, 0.25) is 0 Å². The molecule has 0 spiro atoms. The highest BCUT2D eigenvalue weighted by Gasteiger charge is 1.40. The molecule has 0 heterocycles. The van der Waals surface area contributed by atoms with E-state index in [2.05, 4.69) is 0 Å². The largest absolute Gasteiger partial charge is 0.197 e. The van der Waals surface area contributed by atoms with E-state index < -0.39 is 0 Å². The molecule has 0 saturated heterocycles. The average molecular weight is 138 g/mol. The number of rotatable bonds is 0. The summed E-state index contributed by atoms with van der Waals surface area (Å²) in [4.78, 5) is 0. The van der Waals surface area contributed by atoms with Gasteiger partial charge in [-0.15, -0.1) is 0 Å². The van der Waals surface area contributed by atoms with Crippen LogP contribution in [0.4, 0.5) is 0 Å². The third-order valence-electron chi connectivity index (χ3n) is 0.100. The molecule has 0 fully saturated rings. The molecule has 44 valence electrons. The van der Waals surface area contributed by atoms with Crippen LogP contribution in [0.5, 0.6) is 0 Å². The summed E-state index contributed by atoms with van der Waals surface area (Å²) in [6, 6.07) is 4.94. The van der Waals surface area contributed by atoms with Crippen LogP contribution in [-0.4, -0.2) is 0 Å². The Morgan fingerprint density at radius 3 is 0.667 bits per heavy atom. The lowest BCUT2D eigenvalue weighted by molar-refractivity contribution is 1.49. The Morgan fingerprint density at radius 1 is 0.556 bits per heavy atom. The summed E-state index contributed by atoms with van der Waals surface area (Å²) < 4.78 is 0. The van der Waals surface area contributed by atoms with Crippen molar-refractivity contribution in [1.29, 1.82) is 21.0 Å². The molecule has 0 unspecified atom stereocenters. The third kappa shape index (κ3) is 1220. The second kappa shape index (κ2) is 33.3. The molecule has 0 aromatic heterocycles. The molecule has 0 atom stereocenters. The zero-order valence-electron chi connectivity index (χ0n) is 4.29. The van der Waals surface area contributed by atoms with Crippen LogP contribution in [0.2, 0.25) is 0 Å². The first-order chi connectivity index (χ1) is 3.83. The topological polar surface area (TPSA) is 95.2 Å². The molecule has 0 aliphatic heterocycles. The van der Waals surface area contributed by atoms with E-state index in [1.165, 1.54) is 24.3 Å². The van der Waals surface area contributed by atoms with Crippen LogP contribution in [0.3, 0.4) is 0 Å². The molecular weight excluding hydrogens is 136 g/mol. The summed E-state index contributed by atoms with van der Waals surface area (Å²) in [5.41, 5.74) is 0. The minimum Gasteiger partial charge on any atom is -0.197 e. The first kappa shape index (κ1) is 15.7. The van der Waals surface area contributed by atoms with Crippen LogP contribution in [0.1, 0.15) is 0 Å². The molecule has 0 radical (unpaired) electrons. The molecule has 9 heavy (non-hydrogen) atoms. The monoisotopic (exact) mass is 138 g/mol. The van der Waals surface area contributed by atoms with E-state index in [0.717, 1.165) is 0 Å². The van der Waals surface area contributed by atoms with Crippen molar-refractivity contribution in [1.82, 2.24) is 0 Å². The normalized spacial score (nSPS) is 2.22. The highest BCUT2D eigenvalue weighted by molar-refractivity contribution is 7.59. The molecule has 0 rings (SSSR count). The van der Waals surface area contributed by atoms with Gasteiger partial charge < -0.3 is 0 Å². The quantitative estimate of drug-likeness (QED) is 0.477. The first-order valence-corrected chi connectivity index (χ1v) is 1.39. The minimum atomic E-state index is 0. The molecule has 0 bridgehead atoms. The smallest absolute Gasteiger partial charge is 0.181 e. The van der Waals surface area contributed by atoms with Gasteiger partial charge in [-0.1, -0.05) is 0 Å². The van der Waals surface area contributed by atoms with E-state index in [1.807, 2.05) is 0 Å². The van der Waals surface area contributed by atoms with Gasteiger partial charge in [0.15, 0.2) is 24.3 Å². The van der Waals surface area contributed by atoms with Crippen LogP contribution in [-0.2, 0) is 0 Å². The summed E-state index contributed by atoms with van der Waals surface area (Å²) in [7, 11) is 0. The first-order valence-electron chi connectivity index (χ1n) is 1.39. The Bertz CT molecular complexity index is 147. The molecule has 0 aliphatic rings. The lowest BCUT2D eigenvalue weighted by Crippen LogP contribution is -1.26. The van der Waals surface area contributed by atoms with E-state index in [9.17, 15) is 0 Å². The highest BCUT2D eigenvalue weighted by atomic mass is 32.1. The predicted octanol–water partition coefficient (Wildman–Crippen LogP) is 0.180. The maximum Gasteiger partial charge on any atom is 0.181 e.